The van der Waals surface area contributed by atoms with Crippen molar-refractivity contribution in [2.45, 2.75) is 52.1 Å². The highest BCUT2D eigenvalue weighted by Crippen LogP contribution is 2.37. The Balaban J connectivity index is 2.09. The number of aromatic nitrogens is 2. The Bertz CT molecular complexity index is 621. The van der Waals surface area contributed by atoms with Gasteiger partial charge in [0.15, 0.2) is 0 Å². The first-order valence-electron chi connectivity index (χ1n) is 7.36. The molecule has 3 rings (SSSR count). The molecular weight excluding hydrogens is 270 g/mol. The number of hydrogen-bond donors (Lipinski definition) is 2. The summed E-state index contributed by atoms with van der Waals surface area (Å²) in [5.74, 6) is 1.69. The molecule has 0 unspecified atom stereocenters. The van der Waals surface area contributed by atoms with Crippen molar-refractivity contribution < 1.29 is 5.11 Å². The molecule has 108 valence electrons. The van der Waals surface area contributed by atoms with E-state index < -0.39 is 0 Å². The average Bonchev–Trinajstić information content (AvgIpc) is 2.58. The number of nitrogens with zero attached hydrogens (tertiary/aromatic N) is 2. The molecule has 0 saturated carbocycles. The van der Waals surface area contributed by atoms with Crippen LogP contribution >= 0.6 is 11.3 Å². The second kappa shape index (κ2) is 5.66. The number of anilines is 1. The Morgan fingerprint density at radius 1 is 1.25 bits per heavy atom. The molecule has 1 aliphatic rings. The molecule has 0 bridgehead atoms. The topological polar surface area (TPSA) is 58.0 Å². The number of fused-ring (bicyclic) bond motifs is 3. The number of aryl methyl sites for hydroxylation is 3. The molecule has 5 heteroatoms. The van der Waals surface area contributed by atoms with Crippen LogP contribution in [0.1, 0.15) is 42.5 Å². The molecule has 4 nitrogen and oxygen atoms in total. The van der Waals surface area contributed by atoms with Crippen LogP contribution in [-0.2, 0) is 12.8 Å². The molecule has 0 saturated heterocycles. The summed E-state index contributed by atoms with van der Waals surface area (Å²) < 4.78 is 0. The maximum atomic E-state index is 9.49. The molecule has 0 aliphatic heterocycles. The van der Waals surface area contributed by atoms with Crippen LogP contribution in [0.5, 0.6) is 0 Å². The van der Waals surface area contributed by atoms with Gasteiger partial charge in [-0.05, 0) is 45.1 Å². The molecule has 20 heavy (non-hydrogen) atoms. The van der Waals surface area contributed by atoms with E-state index >= 15 is 0 Å². The van der Waals surface area contributed by atoms with Gasteiger partial charge in [-0.1, -0.05) is 6.42 Å². The number of aliphatic hydroxyl groups is 1. The van der Waals surface area contributed by atoms with Crippen molar-refractivity contribution in [3.05, 3.63) is 16.3 Å². The highest BCUT2D eigenvalue weighted by molar-refractivity contribution is 7.19. The van der Waals surface area contributed by atoms with Crippen molar-refractivity contribution in [3.63, 3.8) is 0 Å². The molecule has 2 N–H and O–H groups in total. The SMILES string of the molecule is Cc1nc(NC[C@H](C)O)c2c3c(sc2n1)CCCCC3. The maximum Gasteiger partial charge on any atom is 0.138 e. The Hall–Kier alpha value is -1.20. The summed E-state index contributed by atoms with van der Waals surface area (Å²) in [7, 11) is 0. The van der Waals surface area contributed by atoms with Gasteiger partial charge >= 0.3 is 0 Å². The minimum absolute atomic E-state index is 0.377. The van der Waals surface area contributed by atoms with Gasteiger partial charge in [0.1, 0.15) is 16.5 Å². The summed E-state index contributed by atoms with van der Waals surface area (Å²) in [5, 5.41) is 14.0. The first-order valence-corrected chi connectivity index (χ1v) is 8.17. The van der Waals surface area contributed by atoms with E-state index in [1.165, 1.54) is 41.5 Å². The van der Waals surface area contributed by atoms with E-state index in [1.807, 2.05) is 18.3 Å². The van der Waals surface area contributed by atoms with Gasteiger partial charge in [0.05, 0.1) is 11.5 Å². The molecule has 0 fully saturated rings. The molecule has 1 atom stereocenters. The largest absolute Gasteiger partial charge is 0.392 e. The van der Waals surface area contributed by atoms with Gasteiger partial charge in [-0.3, -0.25) is 0 Å². The van der Waals surface area contributed by atoms with Gasteiger partial charge in [-0.2, -0.15) is 0 Å². The molecule has 0 amide bonds. The summed E-state index contributed by atoms with van der Waals surface area (Å²) in [5.41, 5.74) is 1.44. The lowest BCUT2D eigenvalue weighted by Crippen LogP contribution is -2.16. The van der Waals surface area contributed by atoms with Gasteiger partial charge < -0.3 is 10.4 Å². The van der Waals surface area contributed by atoms with E-state index in [0.29, 0.717) is 6.54 Å². The van der Waals surface area contributed by atoms with E-state index in [9.17, 15) is 5.11 Å². The third-order valence-corrected chi connectivity index (χ3v) is 4.93. The monoisotopic (exact) mass is 291 g/mol. The smallest absolute Gasteiger partial charge is 0.138 e. The minimum atomic E-state index is -0.377. The fraction of sp³-hybridized carbons (Fsp3) is 0.600. The van der Waals surface area contributed by atoms with Crippen LogP contribution in [0.25, 0.3) is 10.2 Å². The third-order valence-electron chi connectivity index (χ3n) is 3.74. The third kappa shape index (κ3) is 2.65. The highest BCUT2D eigenvalue weighted by Gasteiger charge is 2.19. The summed E-state index contributed by atoms with van der Waals surface area (Å²) in [6.07, 6.45) is 5.77. The van der Waals surface area contributed by atoms with Crippen molar-refractivity contribution in [2.75, 3.05) is 11.9 Å². The van der Waals surface area contributed by atoms with E-state index in [2.05, 4.69) is 15.3 Å². The van der Waals surface area contributed by atoms with Gasteiger partial charge in [-0.25, -0.2) is 9.97 Å². The second-order valence-electron chi connectivity index (χ2n) is 5.59. The Morgan fingerprint density at radius 2 is 2.05 bits per heavy atom. The predicted octanol–water partition coefficient (Wildman–Crippen LogP) is 3.06. The van der Waals surface area contributed by atoms with Crippen molar-refractivity contribution in [2.24, 2.45) is 0 Å². The molecule has 2 heterocycles. The molecular formula is C15H21N3OS. The number of thiophene rings is 1. The predicted molar refractivity (Wildman–Crippen MR) is 83.6 cm³/mol. The molecule has 1 aliphatic carbocycles. The summed E-state index contributed by atoms with van der Waals surface area (Å²) in [6, 6.07) is 0. The molecule has 0 spiro atoms. The quantitative estimate of drug-likeness (QED) is 0.853. The lowest BCUT2D eigenvalue weighted by Gasteiger charge is -2.10. The fourth-order valence-corrected chi connectivity index (χ4v) is 4.12. The average molecular weight is 291 g/mol. The van der Waals surface area contributed by atoms with E-state index in [1.54, 1.807) is 6.92 Å². The highest BCUT2D eigenvalue weighted by atomic mass is 32.1. The van der Waals surface area contributed by atoms with Crippen molar-refractivity contribution >= 4 is 27.4 Å². The molecule has 0 aromatic carbocycles. The van der Waals surface area contributed by atoms with Crippen molar-refractivity contribution in [3.8, 4) is 0 Å². The fourth-order valence-electron chi connectivity index (χ4n) is 2.81. The van der Waals surface area contributed by atoms with Crippen molar-refractivity contribution in [1.29, 1.82) is 0 Å². The van der Waals surface area contributed by atoms with E-state index in [0.717, 1.165) is 22.9 Å². The van der Waals surface area contributed by atoms with Crippen LogP contribution in [0.3, 0.4) is 0 Å². The maximum absolute atomic E-state index is 9.49. The summed E-state index contributed by atoms with van der Waals surface area (Å²) in [6.45, 7) is 4.24. The Morgan fingerprint density at radius 3 is 2.85 bits per heavy atom. The van der Waals surface area contributed by atoms with Gasteiger partial charge in [0.25, 0.3) is 0 Å². The van der Waals surface area contributed by atoms with Crippen LogP contribution in [0.15, 0.2) is 0 Å². The Labute approximate surface area is 123 Å². The standard InChI is InChI=1S/C15H21N3OS/c1-9(19)8-16-14-13-11-6-4-3-5-7-12(11)20-15(13)18-10(2)17-14/h9,19H,3-8H2,1-2H3,(H,16,17,18)/t9-/m0/s1. The Kier molecular flexibility index (Phi) is 3.89. The zero-order valence-electron chi connectivity index (χ0n) is 12.1. The number of aliphatic hydroxyl groups excluding tert-OH is 1. The first-order chi connectivity index (χ1) is 9.65. The first kappa shape index (κ1) is 13.8. The van der Waals surface area contributed by atoms with Gasteiger partial charge in [0, 0.05) is 11.4 Å². The lowest BCUT2D eigenvalue weighted by molar-refractivity contribution is 0.208. The lowest BCUT2D eigenvalue weighted by atomic mass is 10.1. The second-order valence-corrected chi connectivity index (χ2v) is 6.68. The molecule has 0 radical (unpaired) electrons. The van der Waals surface area contributed by atoms with Gasteiger partial charge in [0.2, 0.25) is 0 Å². The minimum Gasteiger partial charge on any atom is -0.392 e. The number of hydrogen-bond acceptors (Lipinski definition) is 5. The number of nitrogens with one attached hydrogen (secondary N) is 1. The van der Waals surface area contributed by atoms with Crippen molar-refractivity contribution in [1.82, 2.24) is 9.97 Å². The van der Waals surface area contributed by atoms with Crippen LogP contribution in [0.4, 0.5) is 5.82 Å². The van der Waals surface area contributed by atoms with Crippen LogP contribution < -0.4 is 5.32 Å². The normalized spacial score (nSPS) is 16.8. The van der Waals surface area contributed by atoms with E-state index in [-0.39, 0.29) is 6.10 Å². The number of rotatable bonds is 3. The van der Waals surface area contributed by atoms with E-state index in [4.69, 9.17) is 0 Å². The molecule has 2 aromatic rings. The zero-order chi connectivity index (χ0) is 14.1. The summed E-state index contributed by atoms with van der Waals surface area (Å²) >= 11 is 1.82. The van der Waals surface area contributed by atoms with Gasteiger partial charge in [-0.15, -0.1) is 11.3 Å². The zero-order valence-corrected chi connectivity index (χ0v) is 12.9. The van der Waals surface area contributed by atoms with Crippen LogP contribution in [0, 0.1) is 6.92 Å². The van der Waals surface area contributed by atoms with Crippen LogP contribution in [0.2, 0.25) is 0 Å². The molecule has 2 aromatic heterocycles. The summed E-state index contributed by atoms with van der Waals surface area (Å²) in [4.78, 5) is 11.7. The van der Waals surface area contributed by atoms with Crippen LogP contribution in [-0.4, -0.2) is 27.7 Å².